The summed E-state index contributed by atoms with van der Waals surface area (Å²) in [4.78, 5) is 11.4. The van der Waals surface area contributed by atoms with E-state index in [-0.39, 0.29) is 16.5 Å². The number of amides is 1. The highest BCUT2D eigenvalue weighted by Gasteiger charge is 2.29. The highest BCUT2D eigenvalue weighted by Crippen LogP contribution is 2.22. The third-order valence-corrected chi connectivity index (χ3v) is 4.27. The van der Waals surface area contributed by atoms with Crippen molar-refractivity contribution in [1.82, 2.24) is 10.0 Å². The number of rotatable bonds is 5. The van der Waals surface area contributed by atoms with Crippen molar-refractivity contribution in [2.75, 3.05) is 6.54 Å². The first-order chi connectivity index (χ1) is 9.67. The Labute approximate surface area is 119 Å². The van der Waals surface area contributed by atoms with Crippen molar-refractivity contribution in [2.24, 2.45) is 0 Å². The van der Waals surface area contributed by atoms with E-state index < -0.39 is 28.7 Å². The van der Waals surface area contributed by atoms with E-state index in [9.17, 15) is 26.4 Å². The van der Waals surface area contributed by atoms with E-state index in [0.29, 0.717) is 0 Å². The number of carbonyl (C=O) groups excluding carboxylic acids is 1. The summed E-state index contributed by atoms with van der Waals surface area (Å²) in [6.45, 7) is -1.47. The number of carbonyl (C=O) groups is 1. The van der Waals surface area contributed by atoms with Crippen LogP contribution in [0.25, 0.3) is 0 Å². The van der Waals surface area contributed by atoms with Crippen LogP contribution in [0.2, 0.25) is 0 Å². The Kier molecular flexibility index (Phi) is 4.24. The van der Waals surface area contributed by atoms with Gasteiger partial charge in [0.2, 0.25) is 10.0 Å². The van der Waals surface area contributed by atoms with Crippen molar-refractivity contribution in [3.05, 3.63) is 29.8 Å². The Balaban J connectivity index is 2.11. The summed E-state index contributed by atoms with van der Waals surface area (Å²) in [6.07, 6.45) is -3.01. The molecule has 0 aliphatic heterocycles. The number of hydrogen-bond acceptors (Lipinski definition) is 3. The Hall–Kier alpha value is -1.61. The molecule has 1 aliphatic carbocycles. The summed E-state index contributed by atoms with van der Waals surface area (Å²) in [7, 11) is -3.75. The number of nitrogens with one attached hydrogen (secondary N) is 2. The molecule has 1 aromatic carbocycles. The van der Waals surface area contributed by atoms with Crippen molar-refractivity contribution < 1.29 is 26.4 Å². The quantitative estimate of drug-likeness (QED) is 0.861. The summed E-state index contributed by atoms with van der Waals surface area (Å²) >= 11 is 0. The first-order valence-electron chi connectivity index (χ1n) is 6.15. The van der Waals surface area contributed by atoms with Gasteiger partial charge in [0.15, 0.2) is 0 Å². The highest BCUT2D eigenvalue weighted by atomic mass is 32.2. The lowest BCUT2D eigenvalue weighted by molar-refractivity contribution is -0.123. The molecule has 0 atom stereocenters. The van der Waals surface area contributed by atoms with Crippen molar-refractivity contribution in [1.29, 1.82) is 0 Å². The smallest absolute Gasteiger partial charge is 0.343 e. The predicted molar refractivity (Wildman–Crippen MR) is 68.2 cm³/mol. The van der Waals surface area contributed by atoms with Crippen LogP contribution in [0.4, 0.5) is 13.2 Å². The first kappa shape index (κ1) is 15.8. The van der Waals surface area contributed by atoms with Gasteiger partial charge < -0.3 is 5.32 Å². The number of alkyl halides is 3. The van der Waals surface area contributed by atoms with Crippen LogP contribution in [-0.4, -0.2) is 33.1 Å². The second kappa shape index (κ2) is 5.64. The second-order valence-electron chi connectivity index (χ2n) is 4.72. The minimum Gasteiger partial charge on any atom is -0.343 e. The van der Waals surface area contributed by atoms with Gasteiger partial charge in [-0.2, -0.15) is 13.2 Å². The Morgan fingerprint density at radius 2 is 1.95 bits per heavy atom. The van der Waals surface area contributed by atoms with Crippen LogP contribution in [0.1, 0.15) is 23.2 Å². The monoisotopic (exact) mass is 322 g/mol. The van der Waals surface area contributed by atoms with Crippen molar-refractivity contribution in [3.63, 3.8) is 0 Å². The van der Waals surface area contributed by atoms with E-state index in [1.54, 1.807) is 5.32 Å². The van der Waals surface area contributed by atoms with Gasteiger partial charge in [0.25, 0.3) is 5.91 Å². The van der Waals surface area contributed by atoms with Crippen LogP contribution in [0.5, 0.6) is 0 Å². The fourth-order valence-corrected chi connectivity index (χ4v) is 2.93. The fraction of sp³-hybridized carbons (Fsp3) is 0.417. The van der Waals surface area contributed by atoms with Crippen LogP contribution in [0.15, 0.2) is 29.2 Å². The summed E-state index contributed by atoms with van der Waals surface area (Å²) in [6, 6.07) is 4.80. The lowest BCUT2D eigenvalue weighted by Gasteiger charge is -2.10. The molecule has 1 fully saturated rings. The van der Waals surface area contributed by atoms with Crippen LogP contribution >= 0.6 is 0 Å². The van der Waals surface area contributed by atoms with Gasteiger partial charge in [-0.05, 0) is 31.0 Å². The zero-order valence-corrected chi connectivity index (χ0v) is 11.6. The molecule has 1 saturated carbocycles. The molecule has 2 N–H and O–H groups in total. The minimum atomic E-state index is -4.52. The zero-order valence-electron chi connectivity index (χ0n) is 10.8. The highest BCUT2D eigenvalue weighted by molar-refractivity contribution is 7.89. The molecule has 116 valence electrons. The van der Waals surface area contributed by atoms with Crippen LogP contribution in [0.3, 0.4) is 0 Å². The second-order valence-corrected chi connectivity index (χ2v) is 6.44. The Morgan fingerprint density at radius 3 is 2.52 bits per heavy atom. The SMILES string of the molecule is O=C(NCC(F)(F)F)c1cccc(S(=O)(=O)NC2CC2)c1. The molecular weight excluding hydrogens is 309 g/mol. The van der Waals surface area contributed by atoms with E-state index in [1.165, 1.54) is 18.2 Å². The van der Waals surface area contributed by atoms with Crippen molar-refractivity contribution >= 4 is 15.9 Å². The predicted octanol–water partition coefficient (Wildman–Crippen LogP) is 1.42. The van der Waals surface area contributed by atoms with Gasteiger partial charge in [0.05, 0.1) is 4.90 Å². The standard InChI is InChI=1S/C12H13F3N2O3S/c13-12(14,15)7-16-11(18)8-2-1-3-10(6-8)21(19,20)17-9-4-5-9/h1-3,6,9,17H,4-5,7H2,(H,16,18). The molecule has 0 aromatic heterocycles. The maximum atomic E-state index is 12.0. The molecular formula is C12H13F3N2O3S. The topological polar surface area (TPSA) is 75.3 Å². The zero-order chi connectivity index (χ0) is 15.7. The van der Waals surface area contributed by atoms with E-state index in [0.717, 1.165) is 18.9 Å². The molecule has 1 aromatic rings. The molecule has 0 spiro atoms. The maximum absolute atomic E-state index is 12.0. The number of halogens is 3. The Morgan fingerprint density at radius 1 is 1.29 bits per heavy atom. The lowest BCUT2D eigenvalue weighted by atomic mass is 10.2. The van der Waals surface area contributed by atoms with Gasteiger partial charge in [0, 0.05) is 11.6 Å². The van der Waals surface area contributed by atoms with E-state index in [4.69, 9.17) is 0 Å². The number of sulfonamides is 1. The van der Waals surface area contributed by atoms with Gasteiger partial charge >= 0.3 is 6.18 Å². The molecule has 1 aliphatic rings. The van der Waals surface area contributed by atoms with Gasteiger partial charge in [-0.25, -0.2) is 13.1 Å². The average molecular weight is 322 g/mol. The van der Waals surface area contributed by atoms with E-state index >= 15 is 0 Å². The molecule has 1 amide bonds. The molecule has 21 heavy (non-hydrogen) atoms. The summed E-state index contributed by atoms with van der Waals surface area (Å²) in [5.74, 6) is -0.976. The van der Waals surface area contributed by atoms with Crippen LogP contribution in [-0.2, 0) is 10.0 Å². The normalized spacial score (nSPS) is 15.8. The maximum Gasteiger partial charge on any atom is 0.405 e. The van der Waals surface area contributed by atoms with Crippen LogP contribution < -0.4 is 10.0 Å². The van der Waals surface area contributed by atoms with Crippen molar-refractivity contribution in [3.8, 4) is 0 Å². The third-order valence-electron chi connectivity index (χ3n) is 2.76. The van der Waals surface area contributed by atoms with E-state index in [2.05, 4.69) is 4.72 Å². The van der Waals surface area contributed by atoms with Gasteiger partial charge in [-0.3, -0.25) is 4.79 Å². The van der Waals surface area contributed by atoms with Crippen molar-refractivity contribution in [2.45, 2.75) is 30.0 Å². The summed E-state index contributed by atoms with van der Waals surface area (Å²) in [5, 5.41) is 1.69. The molecule has 0 heterocycles. The molecule has 9 heteroatoms. The number of hydrogen-bond donors (Lipinski definition) is 2. The Bertz CT molecular complexity index is 639. The fourth-order valence-electron chi connectivity index (χ4n) is 1.58. The number of benzene rings is 1. The lowest BCUT2D eigenvalue weighted by Crippen LogP contribution is -2.34. The summed E-state index contributed by atoms with van der Waals surface area (Å²) < 4.78 is 62.4. The third kappa shape index (κ3) is 4.71. The molecule has 2 rings (SSSR count). The van der Waals surface area contributed by atoms with E-state index in [1.807, 2.05) is 0 Å². The molecule has 0 unspecified atom stereocenters. The average Bonchev–Trinajstić information content (AvgIpc) is 3.18. The molecule has 0 radical (unpaired) electrons. The van der Waals surface area contributed by atoms with Gasteiger partial charge in [-0.15, -0.1) is 0 Å². The minimum absolute atomic E-state index is 0.0993. The first-order valence-corrected chi connectivity index (χ1v) is 7.63. The molecule has 5 nitrogen and oxygen atoms in total. The molecule has 0 saturated heterocycles. The largest absolute Gasteiger partial charge is 0.405 e. The van der Waals surface area contributed by atoms with Gasteiger partial charge in [-0.1, -0.05) is 6.07 Å². The summed E-state index contributed by atoms with van der Waals surface area (Å²) in [5.41, 5.74) is -0.141. The van der Waals surface area contributed by atoms with Gasteiger partial charge in [0.1, 0.15) is 6.54 Å². The van der Waals surface area contributed by atoms with Crippen LogP contribution in [0, 0.1) is 0 Å². The molecule has 0 bridgehead atoms.